The predicted molar refractivity (Wildman–Crippen MR) is 129 cm³/mol. The Morgan fingerprint density at radius 3 is 2.74 bits per heavy atom. The number of carbonyl (C=O) groups is 1. The first-order valence-electron chi connectivity index (χ1n) is 10.8. The molecule has 0 saturated carbocycles. The average molecular weight is 485 g/mol. The summed E-state index contributed by atoms with van der Waals surface area (Å²) in [4.78, 5) is 18.6. The van der Waals surface area contributed by atoms with Crippen LogP contribution in [0.15, 0.2) is 16.7 Å². The molecule has 2 N–H and O–H groups in total. The number of carbonyl (C=O) groups excluding carboxylic acids is 1. The lowest BCUT2D eigenvalue weighted by atomic mass is 10.1. The molecule has 10 nitrogen and oxygen atoms in total. The number of hydrogen-bond acceptors (Lipinski definition) is 9. The lowest BCUT2D eigenvalue weighted by Gasteiger charge is -2.20. The van der Waals surface area contributed by atoms with Gasteiger partial charge in [0.2, 0.25) is 0 Å². The molecular weight excluding hydrogens is 456 g/mol. The highest BCUT2D eigenvalue weighted by molar-refractivity contribution is 7.97. The van der Waals surface area contributed by atoms with Crippen molar-refractivity contribution in [1.82, 2.24) is 25.3 Å². The Balaban J connectivity index is 1.79. The summed E-state index contributed by atoms with van der Waals surface area (Å²) >= 11 is 1.27. The van der Waals surface area contributed by atoms with E-state index in [2.05, 4.69) is 19.8 Å². The van der Waals surface area contributed by atoms with Crippen LogP contribution in [0, 0.1) is 13.8 Å². The molecular formula is C23H28N6O4S. The summed E-state index contributed by atoms with van der Waals surface area (Å²) in [6, 6.07) is 1.85. The van der Waals surface area contributed by atoms with Crippen molar-refractivity contribution in [2.24, 2.45) is 4.40 Å². The third-order valence-corrected chi connectivity index (χ3v) is 6.08. The largest absolute Gasteiger partial charge is 0.496 e. The SMILES string of the molecule is COc1c(C)cnc(Cn2nc3cc(CO)c4c-3c(n2)C(NC(=O)OC(C)(C)C)=NSC4)c1C. The number of amidine groups is 1. The number of pyridine rings is 1. The summed E-state index contributed by atoms with van der Waals surface area (Å²) < 4.78 is 15.4. The van der Waals surface area contributed by atoms with Gasteiger partial charge in [0, 0.05) is 28.6 Å². The van der Waals surface area contributed by atoms with E-state index in [0.29, 0.717) is 17.1 Å². The lowest BCUT2D eigenvalue weighted by molar-refractivity contribution is 0.0563. The van der Waals surface area contributed by atoms with Gasteiger partial charge in [0.15, 0.2) is 5.84 Å². The molecule has 2 aliphatic heterocycles. The summed E-state index contributed by atoms with van der Waals surface area (Å²) in [6.07, 6.45) is 1.14. The number of rotatable bonds is 4. The highest BCUT2D eigenvalue weighted by atomic mass is 32.2. The van der Waals surface area contributed by atoms with E-state index in [1.807, 2.05) is 19.9 Å². The molecule has 4 rings (SSSR count). The summed E-state index contributed by atoms with van der Waals surface area (Å²) in [5, 5.41) is 22.0. The minimum absolute atomic E-state index is 0.129. The number of aliphatic hydroxyl groups is 1. The minimum atomic E-state index is -0.660. The van der Waals surface area contributed by atoms with Crippen molar-refractivity contribution in [3.63, 3.8) is 0 Å². The number of alkyl carbamates (subject to hydrolysis) is 1. The number of amides is 1. The first-order chi connectivity index (χ1) is 16.1. The molecule has 3 heterocycles. The van der Waals surface area contributed by atoms with Gasteiger partial charge in [-0.25, -0.2) is 4.79 Å². The molecule has 0 radical (unpaired) electrons. The van der Waals surface area contributed by atoms with Crippen LogP contribution >= 0.6 is 11.9 Å². The fourth-order valence-electron chi connectivity index (χ4n) is 3.89. The summed E-state index contributed by atoms with van der Waals surface area (Å²) in [6.45, 7) is 9.42. The number of aryl methyl sites for hydroxylation is 1. The van der Waals surface area contributed by atoms with Crippen LogP contribution in [0.1, 0.15) is 54.4 Å². The third kappa shape index (κ3) is 4.71. The average Bonchev–Trinajstić information content (AvgIpc) is 3.01. The molecule has 180 valence electrons. The van der Waals surface area contributed by atoms with Gasteiger partial charge < -0.3 is 14.6 Å². The molecule has 0 unspecified atom stereocenters. The summed E-state index contributed by atoms with van der Waals surface area (Å²) in [5.41, 5.74) is 5.48. The van der Waals surface area contributed by atoms with Gasteiger partial charge >= 0.3 is 6.09 Å². The van der Waals surface area contributed by atoms with E-state index in [4.69, 9.17) is 14.6 Å². The maximum Gasteiger partial charge on any atom is 0.413 e. The van der Waals surface area contributed by atoms with Gasteiger partial charge in [-0.2, -0.15) is 19.4 Å². The topological polar surface area (TPSA) is 124 Å². The fraction of sp³-hybridized carbons (Fsp3) is 0.435. The van der Waals surface area contributed by atoms with Gasteiger partial charge in [-0.15, -0.1) is 0 Å². The number of ether oxygens (including phenoxy) is 2. The van der Waals surface area contributed by atoms with Gasteiger partial charge in [-0.3, -0.25) is 10.3 Å². The zero-order chi connectivity index (χ0) is 24.6. The molecule has 0 bridgehead atoms. The van der Waals surface area contributed by atoms with E-state index >= 15 is 0 Å². The van der Waals surface area contributed by atoms with E-state index in [9.17, 15) is 9.90 Å². The van der Waals surface area contributed by atoms with Crippen LogP contribution in [0.2, 0.25) is 0 Å². The van der Waals surface area contributed by atoms with Gasteiger partial charge in [0.1, 0.15) is 23.6 Å². The Bertz CT molecular complexity index is 1250. The van der Waals surface area contributed by atoms with E-state index in [-0.39, 0.29) is 19.0 Å². The van der Waals surface area contributed by atoms with Gasteiger partial charge in [-0.1, -0.05) is 0 Å². The zero-order valence-electron chi connectivity index (χ0n) is 20.1. The first kappa shape index (κ1) is 24.0. The molecule has 34 heavy (non-hydrogen) atoms. The smallest absolute Gasteiger partial charge is 0.413 e. The highest BCUT2D eigenvalue weighted by Crippen LogP contribution is 2.38. The number of nitrogens with zero attached hydrogens (tertiary/aromatic N) is 5. The van der Waals surface area contributed by atoms with Crippen molar-refractivity contribution in [2.45, 2.75) is 59.1 Å². The number of aliphatic hydroxyl groups excluding tert-OH is 1. The highest BCUT2D eigenvalue weighted by Gasteiger charge is 2.29. The maximum atomic E-state index is 12.5. The van der Waals surface area contributed by atoms with Gasteiger partial charge in [-0.05, 0) is 63.8 Å². The van der Waals surface area contributed by atoms with E-state index in [0.717, 1.165) is 39.3 Å². The van der Waals surface area contributed by atoms with Crippen molar-refractivity contribution in [2.75, 3.05) is 7.11 Å². The molecule has 0 fully saturated rings. The van der Waals surface area contributed by atoms with Crippen LogP contribution in [0.25, 0.3) is 11.3 Å². The van der Waals surface area contributed by atoms with Crippen molar-refractivity contribution in [1.29, 1.82) is 0 Å². The fourth-order valence-corrected chi connectivity index (χ4v) is 4.67. The van der Waals surface area contributed by atoms with Crippen LogP contribution in [0.4, 0.5) is 4.79 Å². The molecule has 0 aromatic carbocycles. The van der Waals surface area contributed by atoms with Crippen molar-refractivity contribution in [3.05, 3.63) is 45.9 Å². The van der Waals surface area contributed by atoms with E-state index in [1.54, 1.807) is 34.1 Å². The number of nitrogens with one attached hydrogen (secondary N) is 1. The van der Waals surface area contributed by atoms with Crippen molar-refractivity contribution < 1.29 is 19.4 Å². The molecule has 1 aromatic rings. The Hall–Kier alpha value is -3.18. The number of hydrogen-bond donors (Lipinski definition) is 2. The van der Waals surface area contributed by atoms with Crippen molar-refractivity contribution in [3.8, 4) is 17.0 Å². The Morgan fingerprint density at radius 2 is 2.06 bits per heavy atom. The molecule has 0 saturated heterocycles. The van der Waals surface area contributed by atoms with Crippen LogP contribution in [0.5, 0.6) is 5.75 Å². The second-order valence-electron chi connectivity index (χ2n) is 9.03. The Kier molecular flexibility index (Phi) is 6.50. The van der Waals surface area contributed by atoms with Crippen LogP contribution in [-0.4, -0.2) is 49.7 Å². The van der Waals surface area contributed by atoms with Crippen molar-refractivity contribution >= 4 is 23.9 Å². The van der Waals surface area contributed by atoms with Crippen LogP contribution < -0.4 is 10.1 Å². The molecule has 0 spiro atoms. The van der Waals surface area contributed by atoms with E-state index in [1.165, 1.54) is 16.7 Å². The lowest BCUT2D eigenvalue weighted by Crippen LogP contribution is -2.37. The van der Waals surface area contributed by atoms with Gasteiger partial charge in [0.25, 0.3) is 0 Å². The quantitative estimate of drug-likeness (QED) is 0.540. The molecule has 1 amide bonds. The maximum absolute atomic E-state index is 12.5. The normalized spacial score (nSPS) is 13.4. The Labute approximate surface area is 202 Å². The summed E-state index contributed by atoms with van der Waals surface area (Å²) in [5.74, 6) is 1.57. The molecule has 3 aliphatic rings. The second kappa shape index (κ2) is 9.22. The first-order valence-corrected chi connectivity index (χ1v) is 11.8. The van der Waals surface area contributed by atoms with Crippen LogP contribution in [0.3, 0.4) is 0 Å². The Morgan fingerprint density at radius 1 is 1.29 bits per heavy atom. The number of aromatic nitrogens is 4. The third-order valence-electron chi connectivity index (χ3n) is 5.35. The second-order valence-corrected chi connectivity index (χ2v) is 9.76. The van der Waals surface area contributed by atoms with E-state index < -0.39 is 11.7 Å². The minimum Gasteiger partial charge on any atom is -0.496 e. The predicted octanol–water partition coefficient (Wildman–Crippen LogP) is 3.38. The monoisotopic (exact) mass is 484 g/mol. The molecule has 11 heteroatoms. The molecule has 1 aliphatic carbocycles. The molecule has 0 atom stereocenters. The summed E-state index contributed by atoms with van der Waals surface area (Å²) in [7, 11) is 1.63. The standard InChI is InChI=1S/C23H28N6O4S/c1-12-8-24-17(13(2)20(12)32-6)9-29-26-16-7-14(10-30)15-11-34-28-21(19(27-29)18(15)16)25-22(31)33-23(3,4)5/h7-8,30H,9-11H2,1-6H3,(H,25,28,31). The van der Waals surface area contributed by atoms with Crippen LogP contribution in [-0.2, 0) is 23.6 Å². The van der Waals surface area contributed by atoms with Gasteiger partial charge in [0.05, 0.1) is 25.1 Å². The number of methoxy groups -OCH3 is 1. The zero-order valence-corrected chi connectivity index (χ0v) is 20.9. The molecule has 1 aromatic heterocycles.